The van der Waals surface area contributed by atoms with E-state index in [4.69, 9.17) is 11.5 Å². The van der Waals surface area contributed by atoms with Gasteiger partial charge in [0, 0.05) is 10.5 Å². The first-order valence-electron chi connectivity index (χ1n) is 6.05. The lowest BCUT2D eigenvalue weighted by Gasteiger charge is -2.27. The molecule has 2 aliphatic rings. The van der Waals surface area contributed by atoms with E-state index in [2.05, 4.69) is 15.0 Å². The third kappa shape index (κ3) is 2.91. The van der Waals surface area contributed by atoms with E-state index in [0.29, 0.717) is 16.3 Å². The van der Waals surface area contributed by atoms with Crippen molar-refractivity contribution in [2.75, 3.05) is 0 Å². The number of hydrogen-bond donors (Lipinski definition) is 2. The Hall–Kier alpha value is -1.36. The number of thioether (sulfide) groups is 2. The molecule has 2 unspecified atom stereocenters. The van der Waals surface area contributed by atoms with E-state index in [1.165, 1.54) is 42.4 Å². The monoisotopic (exact) mass is 345 g/mol. The molecule has 4 N–H and O–H groups in total. The fraction of sp³-hybridized carbons (Fsp3) is 0.250. The Morgan fingerprint density at radius 1 is 1.23 bits per heavy atom. The summed E-state index contributed by atoms with van der Waals surface area (Å²) in [7, 11) is 0. The summed E-state index contributed by atoms with van der Waals surface area (Å²) in [5, 5.41) is 0.582. The maximum absolute atomic E-state index is 12.4. The van der Waals surface area contributed by atoms with E-state index in [9.17, 15) is 13.2 Å². The van der Waals surface area contributed by atoms with E-state index in [0.717, 1.165) is 0 Å². The van der Waals surface area contributed by atoms with E-state index in [1.807, 2.05) is 0 Å². The molecule has 0 bridgehead atoms. The van der Waals surface area contributed by atoms with E-state index in [1.54, 1.807) is 0 Å². The molecule has 0 saturated carbocycles. The molecule has 0 aromatic heterocycles. The highest BCUT2D eigenvalue weighted by Gasteiger charge is 2.42. The lowest BCUT2D eigenvalue weighted by Crippen LogP contribution is -2.47. The quantitative estimate of drug-likeness (QED) is 0.805. The number of benzene rings is 1. The van der Waals surface area contributed by atoms with Crippen molar-refractivity contribution in [3.63, 3.8) is 0 Å². The van der Waals surface area contributed by atoms with Crippen molar-refractivity contribution in [1.82, 2.24) is 0 Å². The van der Waals surface area contributed by atoms with Gasteiger partial charge in [-0.25, -0.2) is 9.98 Å². The Morgan fingerprint density at radius 2 is 1.91 bits per heavy atom. The average Bonchev–Trinajstić information content (AvgIpc) is 2.80. The summed E-state index contributed by atoms with van der Waals surface area (Å²) in [6.07, 6.45) is 1.32. The Labute approximate surface area is 132 Å². The van der Waals surface area contributed by atoms with Crippen molar-refractivity contribution in [2.24, 2.45) is 26.4 Å². The van der Waals surface area contributed by atoms with Crippen LogP contribution >= 0.6 is 23.5 Å². The average molecular weight is 345 g/mol. The predicted molar refractivity (Wildman–Crippen MR) is 83.1 cm³/mol. The van der Waals surface area contributed by atoms with Crippen LogP contribution in [0.2, 0.25) is 0 Å². The fourth-order valence-corrected chi connectivity index (χ4v) is 3.44. The molecular formula is C12H10F3N5S2. The number of nitrogens with two attached hydrogens (primary N) is 2. The third-order valence-electron chi connectivity index (χ3n) is 3.02. The highest BCUT2D eigenvalue weighted by Crippen LogP contribution is 2.38. The first kappa shape index (κ1) is 15.5. The second kappa shape index (κ2) is 5.37. The lowest BCUT2D eigenvalue weighted by molar-refractivity contribution is -0.0328. The summed E-state index contributed by atoms with van der Waals surface area (Å²) in [5.41, 5.74) is 6.89. The molecule has 0 aliphatic carbocycles. The molecule has 2 heterocycles. The first-order chi connectivity index (χ1) is 10.3. The highest BCUT2D eigenvalue weighted by molar-refractivity contribution is 8.16. The van der Waals surface area contributed by atoms with Crippen LogP contribution in [-0.2, 0) is 5.66 Å². The number of hydrogen-bond acceptors (Lipinski definition) is 7. The summed E-state index contributed by atoms with van der Waals surface area (Å²) in [5.74, 6) is 0. The van der Waals surface area contributed by atoms with Gasteiger partial charge in [-0.1, -0.05) is 23.9 Å². The zero-order valence-electron chi connectivity index (χ0n) is 10.9. The standard InChI is InChI=1S/C12H10F3N5S2/c13-12(14,15)22-7-3-1-6(2-4-7)11(17)8-9(18-5-19-11)21-10(16)20-8/h1-5,10H,16-17H2. The lowest BCUT2D eigenvalue weighted by atomic mass is 9.95. The van der Waals surface area contributed by atoms with Crippen molar-refractivity contribution in [3.8, 4) is 0 Å². The van der Waals surface area contributed by atoms with Gasteiger partial charge in [0.2, 0.25) is 0 Å². The van der Waals surface area contributed by atoms with Crippen LogP contribution in [0.3, 0.4) is 0 Å². The molecule has 10 heteroatoms. The number of halogens is 3. The number of fused-ring (bicyclic) bond motifs is 1. The van der Waals surface area contributed by atoms with Gasteiger partial charge in [-0.05, 0) is 23.9 Å². The van der Waals surface area contributed by atoms with Gasteiger partial charge in [-0.3, -0.25) is 10.7 Å². The van der Waals surface area contributed by atoms with Gasteiger partial charge in [-0.2, -0.15) is 13.2 Å². The molecule has 0 spiro atoms. The zero-order chi connectivity index (χ0) is 16.0. The Kier molecular flexibility index (Phi) is 3.79. The van der Waals surface area contributed by atoms with Crippen molar-refractivity contribution >= 4 is 40.6 Å². The fourth-order valence-electron chi connectivity index (χ4n) is 2.09. The van der Waals surface area contributed by atoms with Gasteiger partial charge >= 0.3 is 5.51 Å². The number of rotatable bonds is 2. The van der Waals surface area contributed by atoms with Crippen LogP contribution in [0.15, 0.2) is 44.1 Å². The molecule has 2 atom stereocenters. The minimum Gasteiger partial charge on any atom is -0.301 e. The van der Waals surface area contributed by atoms with Crippen molar-refractivity contribution < 1.29 is 13.2 Å². The summed E-state index contributed by atoms with van der Waals surface area (Å²) >= 11 is 1.07. The van der Waals surface area contributed by atoms with Crippen molar-refractivity contribution in [1.29, 1.82) is 0 Å². The molecule has 0 saturated heterocycles. The SMILES string of the molecule is NC1N=C2C(=NC=NC2(N)c2ccc(SC(F)(F)F)cc2)S1. The number of nitrogens with zero attached hydrogens (tertiary/aromatic N) is 3. The second-order valence-corrected chi connectivity index (χ2v) is 6.75. The van der Waals surface area contributed by atoms with Crippen LogP contribution in [0, 0.1) is 0 Å². The number of alkyl halides is 3. The molecule has 1 aromatic carbocycles. The third-order valence-corrected chi connectivity index (χ3v) is 4.62. The number of aliphatic imine (C=N–C) groups is 3. The molecule has 116 valence electrons. The van der Waals surface area contributed by atoms with Crippen molar-refractivity contribution in [2.45, 2.75) is 21.6 Å². The largest absolute Gasteiger partial charge is 0.446 e. The van der Waals surface area contributed by atoms with E-state index in [-0.39, 0.29) is 16.7 Å². The highest BCUT2D eigenvalue weighted by atomic mass is 32.2. The Morgan fingerprint density at radius 3 is 2.55 bits per heavy atom. The maximum Gasteiger partial charge on any atom is 0.446 e. The van der Waals surface area contributed by atoms with Gasteiger partial charge in [0.1, 0.15) is 17.1 Å². The summed E-state index contributed by atoms with van der Waals surface area (Å²) in [6, 6.07) is 5.72. The van der Waals surface area contributed by atoms with E-state index >= 15 is 0 Å². The van der Waals surface area contributed by atoms with Gasteiger partial charge in [0.15, 0.2) is 11.2 Å². The molecule has 0 fully saturated rings. The molecule has 0 amide bonds. The first-order valence-corrected chi connectivity index (χ1v) is 7.75. The van der Waals surface area contributed by atoms with Crippen molar-refractivity contribution in [3.05, 3.63) is 29.8 Å². The molecule has 0 radical (unpaired) electrons. The summed E-state index contributed by atoms with van der Waals surface area (Å²) in [4.78, 5) is 12.5. The summed E-state index contributed by atoms with van der Waals surface area (Å²) in [6.45, 7) is 0. The van der Waals surface area contributed by atoms with Gasteiger partial charge in [0.25, 0.3) is 0 Å². The smallest absolute Gasteiger partial charge is 0.301 e. The minimum atomic E-state index is -4.33. The Balaban J connectivity index is 1.92. The van der Waals surface area contributed by atoms with Gasteiger partial charge in [0.05, 0.1) is 0 Å². The summed E-state index contributed by atoms with van der Waals surface area (Å²) < 4.78 is 37.1. The zero-order valence-corrected chi connectivity index (χ0v) is 12.5. The maximum atomic E-state index is 12.4. The van der Waals surface area contributed by atoms with Crippen LogP contribution in [0.4, 0.5) is 13.2 Å². The van der Waals surface area contributed by atoms with Crippen LogP contribution in [0.25, 0.3) is 0 Å². The van der Waals surface area contributed by atoms with Crippen LogP contribution in [0.5, 0.6) is 0 Å². The van der Waals surface area contributed by atoms with Gasteiger partial charge < -0.3 is 5.73 Å². The van der Waals surface area contributed by atoms with Gasteiger partial charge in [-0.15, -0.1) is 0 Å². The van der Waals surface area contributed by atoms with Crippen LogP contribution < -0.4 is 11.5 Å². The normalized spacial score (nSPS) is 27.4. The molecule has 2 aliphatic heterocycles. The molecular weight excluding hydrogens is 335 g/mol. The van der Waals surface area contributed by atoms with Crippen LogP contribution in [0.1, 0.15) is 5.56 Å². The predicted octanol–water partition coefficient (Wildman–Crippen LogP) is 2.28. The minimum absolute atomic E-state index is 0.0768. The van der Waals surface area contributed by atoms with Crippen LogP contribution in [-0.4, -0.2) is 28.1 Å². The molecule has 3 rings (SSSR count). The topological polar surface area (TPSA) is 89.1 Å². The molecule has 22 heavy (non-hydrogen) atoms. The molecule has 5 nitrogen and oxygen atoms in total. The Bertz CT molecular complexity index is 683. The van der Waals surface area contributed by atoms with E-state index < -0.39 is 16.7 Å². The molecule has 1 aromatic rings. The second-order valence-electron chi connectivity index (χ2n) is 4.50.